The van der Waals surface area contributed by atoms with Crippen LogP contribution in [0.15, 0.2) is 30.5 Å². The highest BCUT2D eigenvalue weighted by atomic mass is 19.1. The number of H-pyrrole nitrogens is 1. The van der Waals surface area contributed by atoms with Gasteiger partial charge >= 0.3 is 0 Å². The predicted molar refractivity (Wildman–Crippen MR) is 121 cm³/mol. The Morgan fingerprint density at radius 1 is 1.21 bits per heavy atom. The first kappa shape index (κ1) is 22.2. The molecule has 2 aromatic carbocycles. The lowest BCUT2D eigenvalue weighted by Crippen LogP contribution is -2.48. The van der Waals surface area contributed by atoms with Crippen LogP contribution in [0.5, 0.6) is 5.75 Å². The third kappa shape index (κ3) is 4.22. The molecule has 3 atom stereocenters. The number of aromatic nitrogens is 2. The van der Waals surface area contributed by atoms with Crippen LogP contribution in [0.3, 0.4) is 0 Å². The highest BCUT2D eigenvalue weighted by molar-refractivity contribution is 5.83. The molecule has 1 aromatic heterocycles. The standard InChI is InChI=1S/C25H29F3N4O/c1-14-8-18-17(4-5-22-19(18)12-30-31-22)24(32(14)13-25(2,3)28)23-20(26)9-16(10-21(23)27)33-15-6-7-29-11-15/h4-5,9-10,12,14-15,24,29H,6-8,11,13H2,1-3H3,(H,30,31)/t14-,15+,24+/m1/s1. The Balaban J connectivity index is 1.63. The minimum atomic E-state index is -1.53. The molecule has 0 radical (unpaired) electrons. The summed E-state index contributed by atoms with van der Waals surface area (Å²) in [6.45, 7) is 6.47. The van der Waals surface area contributed by atoms with Crippen LogP contribution >= 0.6 is 0 Å². The van der Waals surface area contributed by atoms with Crippen molar-refractivity contribution in [3.63, 3.8) is 0 Å². The van der Waals surface area contributed by atoms with Crippen LogP contribution < -0.4 is 10.1 Å². The minimum Gasteiger partial charge on any atom is -0.489 e. The van der Waals surface area contributed by atoms with E-state index in [1.165, 1.54) is 26.0 Å². The number of halogens is 3. The number of nitrogens with one attached hydrogen (secondary N) is 2. The molecule has 176 valence electrons. The van der Waals surface area contributed by atoms with Gasteiger partial charge in [-0.3, -0.25) is 10.00 Å². The molecular weight excluding hydrogens is 429 g/mol. The van der Waals surface area contributed by atoms with Crippen molar-refractivity contribution in [2.75, 3.05) is 19.6 Å². The summed E-state index contributed by atoms with van der Waals surface area (Å²) in [6.07, 6.45) is 3.06. The number of hydrogen-bond acceptors (Lipinski definition) is 4. The number of alkyl halides is 1. The van der Waals surface area contributed by atoms with E-state index in [9.17, 15) is 4.39 Å². The van der Waals surface area contributed by atoms with Crippen molar-refractivity contribution in [3.8, 4) is 5.75 Å². The molecule has 0 spiro atoms. The first-order valence-electron chi connectivity index (χ1n) is 11.5. The predicted octanol–water partition coefficient (Wildman–Crippen LogP) is 4.67. The van der Waals surface area contributed by atoms with Gasteiger partial charge in [0.2, 0.25) is 0 Å². The van der Waals surface area contributed by atoms with Gasteiger partial charge in [0.05, 0.1) is 17.8 Å². The van der Waals surface area contributed by atoms with Gasteiger partial charge in [-0.05, 0) is 57.4 Å². The topological polar surface area (TPSA) is 53.2 Å². The summed E-state index contributed by atoms with van der Waals surface area (Å²) in [5, 5.41) is 11.2. The highest BCUT2D eigenvalue weighted by Crippen LogP contribution is 2.43. The molecule has 2 aliphatic rings. The average molecular weight is 459 g/mol. The molecule has 0 aliphatic carbocycles. The molecule has 2 N–H and O–H groups in total. The van der Waals surface area contributed by atoms with E-state index in [2.05, 4.69) is 15.5 Å². The van der Waals surface area contributed by atoms with E-state index in [4.69, 9.17) is 4.74 Å². The SMILES string of the molecule is C[C@@H]1Cc2c(ccc3[nH]ncc23)[C@@H](c2c(F)cc(O[C@H]3CCNC3)cc2F)N1CC(C)(C)F. The van der Waals surface area contributed by atoms with Crippen LogP contribution in [-0.2, 0) is 6.42 Å². The molecule has 0 amide bonds. The summed E-state index contributed by atoms with van der Waals surface area (Å²) in [4.78, 5) is 1.87. The Hall–Kier alpha value is -2.58. The fraction of sp³-hybridized carbons (Fsp3) is 0.480. The fourth-order valence-electron chi connectivity index (χ4n) is 5.24. The molecule has 2 aliphatic heterocycles. The minimum absolute atomic E-state index is 0.0482. The van der Waals surface area contributed by atoms with Crippen molar-refractivity contribution in [3.05, 3.63) is 58.8 Å². The first-order chi connectivity index (χ1) is 15.7. The number of hydrogen-bond donors (Lipinski definition) is 2. The molecule has 5 nitrogen and oxygen atoms in total. The molecule has 5 rings (SSSR count). The van der Waals surface area contributed by atoms with Gasteiger partial charge in [0.15, 0.2) is 0 Å². The lowest BCUT2D eigenvalue weighted by atomic mass is 9.82. The van der Waals surface area contributed by atoms with Crippen molar-refractivity contribution in [2.24, 2.45) is 0 Å². The summed E-state index contributed by atoms with van der Waals surface area (Å²) in [7, 11) is 0. The Bertz CT molecular complexity index is 1140. The van der Waals surface area contributed by atoms with Crippen molar-refractivity contribution >= 4 is 10.9 Å². The van der Waals surface area contributed by atoms with Crippen molar-refractivity contribution in [1.82, 2.24) is 20.4 Å². The maximum Gasteiger partial charge on any atom is 0.134 e. The molecule has 1 fully saturated rings. The lowest BCUT2D eigenvalue weighted by Gasteiger charge is -2.44. The Morgan fingerprint density at radius 3 is 2.64 bits per heavy atom. The van der Waals surface area contributed by atoms with Crippen LogP contribution in [-0.4, -0.2) is 52.5 Å². The van der Waals surface area contributed by atoms with Gasteiger partial charge in [0.1, 0.15) is 29.2 Å². The van der Waals surface area contributed by atoms with E-state index < -0.39 is 23.3 Å². The van der Waals surface area contributed by atoms with E-state index in [1.54, 1.807) is 6.20 Å². The van der Waals surface area contributed by atoms with Gasteiger partial charge in [0.25, 0.3) is 0 Å². The smallest absolute Gasteiger partial charge is 0.134 e. The number of aromatic amines is 1. The lowest BCUT2D eigenvalue weighted by molar-refractivity contribution is 0.0655. The quantitative estimate of drug-likeness (QED) is 0.584. The van der Waals surface area contributed by atoms with Gasteiger partial charge in [-0.2, -0.15) is 5.10 Å². The van der Waals surface area contributed by atoms with Crippen LogP contribution in [0.25, 0.3) is 10.9 Å². The maximum atomic E-state index is 15.6. The van der Waals surface area contributed by atoms with Crippen LogP contribution in [0, 0.1) is 11.6 Å². The zero-order valence-electron chi connectivity index (χ0n) is 19.1. The van der Waals surface area contributed by atoms with E-state index in [0.717, 1.165) is 35.0 Å². The molecule has 0 saturated carbocycles. The average Bonchev–Trinajstić information content (AvgIpc) is 3.40. The van der Waals surface area contributed by atoms with Crippen molar-refractivity contribution < 1.29 is 17.9 Å². The van der Waals surface area contributed by atoms with E-state index >= 15 is 8.78 Å². The van der Waals surface area contributed by atoms with Gasteiger partial charge in [-0.15, -0.1) is 0 Å². The van der Waals surface area contributed by atoms with Gasteiger partial charge in [-0.25, -0.2) is 13.2 Å². The highest BCUT2D eigenvalue weighted by Gasteiger charge is 2.40. The van der Waals surface area contributed by atoms with Crippen molar-refractivity contribution in [1.29, 1.82) is 0 Å². The largest absolute Gasteiger partial charge is 0.489 e. The second-order valence-electron chi connectivity index (χ2n) is 9.84. The van der Waals surface area contributed by atoms with Crippen molar-refractivity contribution in [2.45, 2.75) is 57.5 Å². The van der Waals surface area contributed by atoms with E-state index in [0.29, 0.717) is 13.0 Å². The van der Waals surface area contributed by atoms with Crippen LogP contribution in [0.2, 0.25) is 0 Å². The summed E-state index contributed by atoms with van der Waals surface area (Å²) in [5.41, 5.74) is 1.02. The zero-order valence-corrected chi connectivity index (χ0v) is 19.1. The second kappa shape index (κ2) is 8.33. The fourth-order valence-corrected chi connectivity index (χ4v) is 5.24. The molecule has 0 bridgehead atoms. The summed E-state index contributed by atoms with van der Waals surface area (Å²) < 4.78 is 51.8. The number of benzene rings is 2. The molecular formula is C25H29F3N4O. The number of ether oxygens (including phenoxy) is 1. The number of fused-ring (bicyclic) bond motifs is 3. The molecule has 8 heteroatoms. The van der Waals surface area contributed by atoms with Gasteiger partial charge < -0.3 is 10.1 Å². The van der Waals surface area contributed by atoms with E-state index in [1.807, 2.05) is 24.0 Å². The van der Waals surface area contributed by atoms with Gasteiger partial charge in [0, 0.05) is 42.2 Å². The second-order valence-corrected chi connectivity index (χ2v) is 9.84. The monoisotopic (exact) mass is 458 g/mol. The summed E-state index contributed by atoms with van der Waals surface area (Å²) in [5.74, 6) is -1.20. The summed E-state index contributed by atoms with van der Waals surface area (Å²) >= 11 is 0. The first-order valence-corrected chi connectivity index (χ1v) is 11.5. The molecule has 0 unspecified atom stereocenters. The number of rotatable bonds is 5. The molecule has 3 aromatic rings. The number of nitrogens with zero attached hydrogens (tertiary/aromatic N) is 2. The third-order valence-corrected chi connectivity index (χ3v) is 6.67. The molecule has 33 heavy (non-hydrogen) atoms. The Labute approximate surface area is 191 Å². The molecule has 1 saturated heterocycles. The third-order valence-electron chi connectivity index (χ3n) is 6.67. The van der Waals surface area contributed by atoms with E-state index in [-0.39, 0.29) is 30.0 Å². The Morgan fingerprint density at radius 2 is 1.97 bits per heavy atom. The maximum absolute atomic E-state index is 15.6. The molecule has 3 heterocycles. The van der Waals surface area contributed by atoms with Crippen LogP contribution in [0.4, 0.5) is 13.2 Å². The normalized spacial score (nSPS) is 23.8. The zero-order chi connectivity index (χ0) is 23.3. The Kier molecular flexibility index (Phi) is 5.61. The van der Waals surface area contributed by atoms with Gasteiger partial charge in [-0.1, -0.05) is 6.07 Å². The van der Waals surface area contributed by atoms with Crippen LogP contribution in [0.1, 0.15) is 49.9 Å². The summed E-state index contributed by atoms with van der Waals surface area (Å²) in [6, 6.07) is 5.36.